The molecule has 4 aromatic rings. The molecule has 0 aliphatic heterocycles. The Morgan fingerprint density at radius 2 is 0.667 bits per heavy atom. The van der Waals surface area contributed by atoms with Crippen molar-refractivity contribution in [2.45, 2.75) is 26.1 Å². The van der Waals surface area contributed by atoms with Gasteiger partial charge in [0.1, 0.15) is 25.4 Å². The van der Waals surface area contributed by atoms with Crippen LogP contribution < -0.4 is 0 Å². The molecule has 4 aromatic carbocycles. The number of ether oxygens (including phenoxy) is 4. The van der Waals surface area contributed by atoms with Crippen molar-refractivity contribution in [2.75, 3.05) is 13.2 Å². The normalized spacial score (nSPS) is 11.5. The average molecular weight is 569 g/mol. The van der Waals surface area contributed by atoms with Crippen LogP contribution in [-0.2, 0) is 18.9 Å². The van der Waals surface area contributed by atoms with Gasteiger partial charge in [0.2, 0.25) is 0 Å². The van der Waals surface area contributed by atoms with Crippen LogP contribution in [0.25, 0.3) is 0 Å². The van der Waals surface area contributed by atoms with Crippen molar-refractivity contribution in [3.63, 3.8) is 0 Å². The van der Waals surface area contributed by atoms with Crippen LogP contribution in [0.3, 0.4) is 0 Å². The Labute approximate surface area is 244 Å². The molecule has 0 aliphatic carbocycles. The first kappa shape index (κ1) is 31.3. The summed E-state index contributed by atoms with van der Waals surface area (Å²) in [5, 5.41) is 0. The fourth-order valence-electron chi connectivity index (χ4n) is 3.42. The van der Waals surface area contributed by atoms with E-state index in [1.54, 1.807) is 111 Å². The molecule has 0 spiro atoms. The summed E-state index contributed by atoms with van der Waals surface area (Å²) in [5.74, 6) is -1.73. The minimum Gasteiger partial charge on any atom is -0.458 e. The molecule has 0 saturated heterocycles. The van der Waals surface area contributed by atoms with Crippen molar-refractivity contribution in [3.05, 3.63) is 144 Å². The maximum absolute atomic E-state index is 11.8. The van der Waals surface area contributed by atoms with Crippen LogP contribution in [0.2, 0.25) is 0 Å². The maximum atomic E-state index is 11.8. The largest absolute Gasteiger partial charge is 0.458 e. The lowest BCUT2D eigenvalue weighted by Crippen LogP contribution is -2.22. The predicted molar refractivity (Wildman–Crippen MR) is 156 cm³/mol. The van der Waals surface area contributed by atoms with Crippen molar-refractivity contribution < 1.29 is 38.1 Å². The molecule has 0 aliphatic rings. The van der Waals surface area contributed by atoms with Gasteiger partial charge in [0.15, 0.2) is 0 Å². The monoisotopic (exact) mass is 568 g/mol. The highest BCUT2D eigenvalue weighted by molar-refractivity contribution is 5.91. The molecule has 2 unspecified atom stereocenters. The number of hydrogen-bond donors (Lipinski definition) is 0. The first-order valence-electron chi connectivity index (χ1n) is 13.3. The molecule has 2 atom stereocenters. The van der Waals surface area contributed by atoms with Gasteiger partial charge in [-0.1, -0.05) is 72.8 Å². The van der Waals surface area contributed by atoms with Crippen LogP contribution >= 0.6 is 0 Å². The Balaban J connectivity index is 0.000000230. The summed E-state index contributed by atoms with van der Waals surface area (Å²) in [7, 11) is 0. The summed E-state index contributed by atoms with van der Waals surface area (Å²) in [4.78, 5) is 47.1. The van der Waals surface area contributed by atoms with Gasteiger partial charge in [0.05, 0.1) is 22.3 Å². The molecule has 8 heteroatoms. The Hall–Kier alpha value is -5.24. The van der Waals surface area contributed by atoms with Crippen LogP contribution in [0, 0.1) is 0 Å². The van der Waals surface area contributed by atoms with E-state index < -0.39 is 36.1 Å². The van der Waals surface area contributed by atoms with Crippen LogP contribution in [-0.4, -0.2) is 49.3 Å². The van der Waals surface area contributed by atoms with E-state index in [4.69, 9.17) is 18.9 Å². The van der Waals surface area contributed by atoms with E-state index in [-0.39, 0.29) is 13.2 Å². The Morgan fingerprint density at radius 1 is 0.429 bits per heavy atom. The molecular weight excluding hydrogens is 536 g/mol. The fraction of sp³-hybridized carbons (Fsp3) is 0.176. The predicted octanol–water partition coefficient (Wildman–Crippen LogP) is 6.18. The first-order chi connectivity index (χ1) is 20.3. The molecule has 0 heterocycles. The molecule has 42 heavy (non-hydrogen) atoms. The number of carbonyl (C=O) groups is 4. The lowest BCUT2D eigenvalue weighted by Gasteiger charge is -2.13. The quantitative estimate of drug-likeness (QED) is 0.165. The topological polar surface area (TPSA) is 105 Å². The van der Waals surface area contributed by atoms with Gasteiger partial charge in [0.25, 0.3) is 0 Å². The van der Waals surface area contributed by atoms with E-state index in [2.05, 4.69) is 0 Å². The van der Waals surface area contributed by atoms with E-state index in [0.717, 1.165) is 0 Å². The van der Waals surface area contributed by atoms with Crippen molar-refractivity contribution in [1.29, 1.82) is 0 Å². The third-order valence-corrected chi connectivity index (χ3v) is 5.55. The van der Waals surface area contributed by atoms with Crippen LogP contribution in [0.5, 0.6) is 0 Å². The number of rotatable bonds is 10. The van der Waals surface area contributed by atoms with E-state index in [0.29, 0.717) is 22.3 Å². The van der Waals surface area contributed by atoms with Gasteiger partial charge in [-0.25, -0.2) is 19.2 Å². The number of esters is 4. The molecule has 0 bridgehead atoms. The van der Waals surface area contributed by atoms with Crippen molar-refractivity contribution in [2.24, 2.45) is 0 Å². The van der Waals surface area contributed by atoms with Crippen molar-refractivity contribution in [1.82, 2.24) is 0 Å². The molecule has 4 rings (SSSR count). The fourth-order valence-corrected chi connectivity index (χ4v) is 3.42. The van der Waals surface area contributed by atoms with Gasteiger partial charge >= 0.3 is 23.9 Å². The summed E-state index contributed by atoms with van der Waals surface area (Å²) in [6.07, 6.45) is -1.02. The molecule has 0 aromatic heterocycles. The average Bonchev–Trinajstić information content (AvgIpc) is 3.04. The van der Waals surface area contributed by atoms with Crippen molar-refractivity contribution in [3.8, 4) is 0 Å². The van der Waals surface area contributed by atoms with E-state index >= 15 is 0 Å². The van der Waals surface area contributed by atoms with Gasteiger partial charge in [-0.05, 0) is 62.4 Å². The van der Waals surface area contributed by atoms with E-state index in [9.17, 15) is 19.2 Å². The lowest BCUT2D eigenvalue weighted by molar-refractivity contribution is 0.00443. The molecule has 0 saturated carbocycles. The van der Waals surface area contributed by atoms with Gasteiger partial charge in [0, 0.05) is 0 Å². The highest BCUT2D eigenvalue weighted by Gasteiger charge is 2.15. The zero-order valence-corrected chi connectivity index (χ0v) is 23.4. The zero-order valence-electron chi connectivity index (χ0n) is 23.4. The van der Waals surface area contributed by atoms with Crippen LogP contribution in [0.1, 0.15) is 55.3 Å². The maximum Gasteiger partial charge on any atom is 0.338 e. The van der Waals surface area contributed by atoms with E-state index in [1.165, 1.54) is 0 Å². The standard InChI is InChI=1S/2C17H16O4/c2*1-13(21-17(19)15-10-6-3-7-11-15)12-20-16(18)14-8-4-2-5-9-14/h2*2-11,13H,12H2,1H3. The minimum atomic E-state index is -0.509. The second-order valence-corrected chi connectivity index (χ2v) is 9.09. The van der Waals surface area contributed by atoms with Gasteiger partial charge < -0.3 is 18.9 Å². The summed E-state index contributed by atoms with van der Waals surface area (Å²) < 4.78 is 20.6. The van der Waals surface area contributed by atoms with Crippen LogP contribution in [0.4, 0.5) is 0 Å². The summed E-state index contributed by atoms with van der Waals surface area (Å²) in [5.41, 5.74) is 1.88. The van der Waals surface area contributed by atoms with Crippen LogP contribution in [0.15, 0.2) is 121 Å². The Bertz CT molecular complexity index is 1300. The van der Waals surface area contributed by atoms with E-state index in [1.807, 2.05) is 24.3 Å². The lowest BCUT2D eigenvalue weighted by atomic mass is 10.2. The first-order valence-corrected chi connectivity index (χ1v) is 13.3. The molecule has 0 radical (unpaired) electrons. The van der Waals surface area contributed by atoms with Crippen molar-refractivity contribution >= 4 is 23.9 Å². The van der Waals surface area contributed by atoms with Gasteiger partial charge in [-0.3, -0.25) is 0 Å². The third kappa shape index (κ3) is 10.7. The molecule has 216 valence electrons. The smallest absolute Gasteiger partial charge is 0.338 e. The summed E-state index contributed by atoms with van der Waals surface area (Å²) in [6.45, 7) is 3.40. The molecule has 0 fully saturated rings. The number of hydrogen-bond acceptors (Lipinski definition) is 8. The molecular formula is C34H32O8. The Kier molecular flexibility index (Phi) is 12.5. The minimum absolute atomic E-state index is 0.0201. The highest BCUT2D eigenvalue weighted by Crippen LogP contribution is 2.08. The molecule has 0 N–H and O–H groups in total. The van der Waals surface area contributed by atoms with Gasteiger partial charge in [-0.15, -0.1) is 0 Å². The second-order valence-electron chi connectivity index (χ2n) is 9.09. The number of carbonyl (C=O) groups excluding carboxylic acids is 4. The summed E-state index contributed by atoms with van der Waals surface area (Å²) >= 11 is 0. The van der Waals surface area contributed by atoms with Gasteiger partial charge in [-0.2, -0.15) is 0 Å². The molecule has 8 nitrogen and oxygen atoms in total. The Morgan fingerprint density at radius 3 is 0.929 bits per heavy atom. The summed E-state index contributed by atoms with van der Waals surface area (Å²) in [6, 6.07) is 34.7. The second kappa shape index (κ2) is 16.8. The third-order valence-electron chi connectivity index (χ3n) is 5.55. The highest BCUT2D eigenvalue weighted by atomic mass is 16.6. The number of benzene rings is 4. The SMILES string of the molecule is CC(COC(=O)c1ccccc1)OC(=O)c1ccccc1.CC(COC(=O)c1ccccc1)OC(=O)c1ccccc1. The zero-order chi connectivity index (χ0) is 30.2. The molecule has 0 amide bonds.